The van der Waals surface area contributed by atoms with Crippen LogP contribution in [0.25, 0.3) is 0 Å². The first kappa shape index (κ1) is 17.7. The minimum atomic E-state index is -0.858. The molecule has 3 rings (SSSR count). The molecule has 136 valence electrons. The van der Waals surface area contributed by atoms with Gasteiger partial charge in [-0.15, -0.1) is 0 Å². The Bertz CT molecular complexity index is 653. The summed E-state index contributed by atoms with van der Waals surface area (Å²) in [4.78, 5) is 32.1. The highest BCUT2D eigenvalue weighted by Gasteiger charge is 2.42. The van der Waals surface area contributed by atoms with Gasteiger partial charge in [0.05, 0.1) is 23.2 Å². The summed E-state index contributed by atoms with van der Waals surface area (Å²) in [6.07, 6.45) is 2.34. The molecule has 1 aromatic rings. The number of carbonyl (C=O) groups is 2. The summed E-state index contributed by atoms with van der Waals surface area (Å²) in [6, 6.07) is 3.62. The molecule has 2 aliphatic heterocycles. The van der Waals surface area contributed by atoms with Gasteiger partial charge in [0.25, 0.3) is 5.91 Å². The van der Waals surface area contributed by atoms with Gasteiger partial charge in [0, 0.05) is 32.4 Å². The lowest BCUT2D eigenvalue weighted by atomic mass is 9.90. The number of nitrogens with zero attached hydrogens (tertiary/aromatic N) is 3. The number of ether oxygens (including phenoxy) is 1. The molecule has 3 atom stereocenters. The van der Waals surface area contributed by atoms with Crippen LogP contribution < -0.4 is 4.90 Å². The summed E-state index contributed by atoms with van der Waals surface area (Å²) in [7, 11) is 0. The van der Waals surface area contributed by atoms with Gasteiger partial charge >= 0.3 is 5.97 Å². The molecule has 1 N–H and O–H groups in total. The summed E-state index contributed by atoms with van der Waals surface area (Å²) in [5.74, 6) is -0.185. The molecule has 0 saturated carbocycles. The minimum Gasteiger partial charge on any atom is -0.481 e. The van der Waals surface area contributed by atoms with Gasteiger partial charge in [-0.05, 0) is 39.3 Å². The number of rotatable bonds is 3. The molecule has 2 fully saturated rings. The van der Waals surface area contributed by atoms with E-state index in [1.807, 2.05) is 19.9 Å². The van der Waals surface area contributed by atoms with E-state index in [0.29, 0.717) is 18.5 Å². The smallest absolute Gasteiger partial charge is 0.311 e. The number of aromatic nitrogens is 1. The molecule has 3 heterocycles. The van der Waals surface area contributed by atoms with Gasteiger partial charge in [-0.2, -0.15) is 0 Å². The molecule has 0 bridgehead atoms. The average molecular weight is 347 g/mol. The number of morpholine rings is 1. The fourth-order valence-corrected chi connectivity index (χ4v) is 3.56. The lowest BCUT2D eigenvalue weighted by molar-refractivity contribution is -0.147. The summed E-state index contributed by atoms with van der Waals surface area (Å²) >= 11 is 0. The lowest BCUT2D eigenvalue weighted by Gasteiger charge is -2.36. The van der Waals surface area contributed by atoms with Crippen molar-refractivity contribution < 1.29 is 19.4 Å². The second kappa shape index (κ2) is 6.63. The first-order valence-corrected chi connectivity index (χ1v) is 8.67. The number of carboxylic acids is 1. The number of anilines is 1. The summed E-state index contributed by atoms with van der Waals surface area (Å²) < 4.78 is 5.73. The summed E-state index contributed by atoms with van der Waals surface area (Å²) in [5, 5.41) is 9.30. The topological polar surface area (TPSA) is 83.0 Å². The van der Waals surface area contributed by atoms with Crippen LogP contribution in [0.3, 0.4) is 0 Å². The molecule has 7 heteroatoms. The largest absolute Gasteiger partial charge is 0.481 e. The van der Waals surface area contributed by atoms with Crippen molar-refractivity contribution in [2.45, 2.75) is 39.4 Å². The van der Waals surface area contributed by atoms with E-state index in [-0.39, 0.29) is 24.7 Å². The van der Waals surface area contributed by atoms with E-state index in [1.165, 1.54) is 0 Å². The van der Waals surface area contributed by atoms with Crippen LogP contribution >= 0.6 is 0 Å². The third-order valence-electron chi connectivity index (χ3n) is 5.02. The monoisotopic (exact) mass is 347 g/mol. The van der Waals surface area contributed by atoms with Crippen molar-refractivity contribution >= 4 is 17.7 Å². The Balaban J connectivity index is 1.68. The van der Waals surface area contributed by atoms with Crippen LogP contribution in [0, 0.1) is 5.41 Å². The lowest BCUT2D eigenvalue weighted by Crippen LogP contribution is -2.45. The van der Waals surface area contributed by atoms with E-state index in [1.54, 1.807) is 24.1 Å². The molecule has 3 unspecified atom stereocenters. The van der Waals surface area contributed by atoms with Crippen LogP contribution in [0.2, 0.25) is 0 Å². The Labute approximate surface area is 147 Å². The van der Waals surface area contributed by atoms with Crippen LogP contribution in [0.5, 0.6) is 0 Å². The van der Waals surface area contributed by atoms with Gasteiger partial charge < -0.3 is 19.6 Å². The maximum atomic E-state index is 12.6. The second-order valence-electron chi connectivity index (χ2n) is 7.41. The molecule has 25 heavy (non-hydrogen) atoms. The second-order valence-corrected chi connectivity index (χ2v) is 7.41. The van der Waals surface area contributed by atoms with Crippen molar-refractivity contribution in [3.05, 3.63) is 23.9 Å². The number of carboxylic acid groups (broad SMARTS) is 1. The first-order valence-electron chi connectivity index (χ1n) is 8.67. The van der Waals surface area contributed by atoms with E-state index in [2.05, 4.69) is 9.88 Å². The maximum absolute atomic E-state index is 12.6. The number of carbonyl (C=O) groups excluding carboxylic acids is 1. The van der Waals surface area contributed by atoms with Crippen molar-refractivity contribution in [1.82, 2.24) is 9.88 Å². The molecule has 1 aromatic heterocycles. The molecule has 1 amide bonds. The molecule has 0 radical (unpaired) electrons. The summed E-state index contributed by atoms with van der Waals surface area (Å²) in [5.41, 5.74) is -0.365. The van der Waals surface area contributed by atoms with Crippen LogP contribution in [0.1, 0.15) is 37.6 Å². The van der Waals surface area contributed by atoms with Crippen LogP contribution in [-0.4, -0.2) is 65.3 Å². The van der Waals surface area contributed by atoms with E-state index in [4.69, 9.17) is 4.74 Å². The van der Waals surface area contributed by atoms with Gasteiger partial charge in [0.1, 0.15) is 5.82 Å². The zero-order chi connectivity index (χ0) is 18.2. The van der Waals surface area contributed by atoms with Crippen molar-refractivity contribution in [3.63, 3.8) is 0 Å². The van der Waals surface area contributed by atoms with E-state index in [9.17, 15) is 14.7 Å². The number of pyridine rings is 1. The number of hydrogen-bond acceptors (Lipinski definition) is 5. The van der Waals surface area contributed by atoms with E-state index in [0.717, 1.165) is 18.9 Å². The Morgan fingerprint density at radius 1 is 1.28 bits per heavy atom. The molecular weight excluding hydrogens is 322 g/mol. The van der Waals surface area contributed by atoms with Gasteiger partial charge in [-0.25, -0.2) is 4.98 Å². The SMILES string of the molecule is CC1CN(c2ccc(C(=O)N3CCC(C)(C(=O)O)C3)cn2)CC(C)O1. The van der Waals surface area contributed by atoms with E-state index >= 15 is 0 Å². The number of amides is 1. The molecule has 0 spiro atoms. The van der Waals surface area contributed by atoms with Gasteiger partial charge in [0.2, 0.25) is 0 Å². The van der Waals surface area contributed by atoms with Crippen LogP contribution in [-0.2, 0) is 9.53 Å². The van der Waals surface area contributed by atoms with Gasteiger partial charge in [-0.3, -0.25) is 9.59 Å². The third-order valence-corrected chi connectivity index (χ3v) is 5.02. The fourth-order valence-electron chi connectivity index (χ4n) is 3.56. The Hall–Kier alpha value is -2.15. The quantitative estimate of drug-likeness (QED) is 0.895. The normalized spacial score (nSPS) is 29.7. The van der Waals surface area contributed by atoms with Gasteiger partial charge in [0.15, 0.2) is 0 Å². The minimum absolute atomic E-state index is 0.144. The fraction of sp³-hybridized carbons (Fsp3) is 0.611. The Kier molecular flexibility index (Phi) is 4.69. The first-order chi connectivity index (χ1) is 11.8. The van der Waals surface area contributed by atoms with Crippen molar-refractivity contribution in [1.29, 1.82) is 0 Å². The molecular formula is C18H25N3O4. The van der Waals surface area contributed by atoms with Crippen molar-refractivity contribution in [3.8, 4) is 0 Å². The van der Waals surface area contributed by atoms with Crippen LogP contribution in [0.15, 0.2) is 18.3 Å². The predicted octanol–water partition coefficient (Wildman–Crippen LogP) is 1.63. The van der Waals surface area contributed by atoms with Crippen LogP contribution in [0.4, 0.5) is 5.82 Å². The van der Waals surface area contributed by atoms with Gasteiger partial charge in [-0.1, -0.05) is 0 Å². The zero-order valence-electron chi connectivity index (χ0n) is 14.9. The predicted molar refractivity (Wildman–Crippen MR) is 92.7 cm³/mol. The molecule has 0 aliphatic carbocycles. The number of hydrogen-bond donors (Lipinski definition) is 1. The molecule has 2 saturated heterocycles. The number of likely N-dealkylation sites (tertiary alicyclic amines) is 1. The average Bonchev–Trinajstić information content (AvgIpc) is 2.97. The highest BCUT2D eigenvalue weighted by Crippen LogP contribution is 2.31. The van der Waals surface area contributed by atoms with E-state index < -0.39 is 11.4 Å². The Morgan fingerprint density at radius 3 is 2.48 bits per heavy atom. The zero-order valence-corrected chi connectivity index (χ0v) is 14.9. The third kappa shape index (κ3) is 3.61. The molecule has 0 aromatic carbocycles. The molecule has 7 nitrogen and oxygen atoms in total. The Morgan fingerprint density at radius 2 is 1.96 bits per heavy atom. The highest BCUT2D eigenvalue weighted by molar-refractivity contribution is 5.95. The summed E-state index contributed by atoms with van der Waals surface area (Å²) in [6.45, 7) is 8.00. The maximum Gasteiger partial charge on any atom is 0.311 e. The molecule has 2 aliphatic rings. The van der Waals surface area contributed by atoms with Crippen molar-refractivity contribution in [2.75, 3.05) is 31.1 Å². The number of aliphatic carboxylic acids is 1. The standard InChI is InChI=1S/C18H25N3O4/c1-12-9-21(10-13(2)25-12)15-5-4-14(8-19-15)16(22)20-7-6-18(3,11-20)17(23)24/h4-5,8,12-13H,6-7,9-11H2,1-3H3,(H,23,24). The van der Waals surface area contributed by atoms with Crippen molar-refractivity contribution in [2.24, 2.45) is 5.41 Å². The highest BCUT2D eigenvalue weighted by atomic mass is 16.5.